The highest BCUT2D eigenvalue weighted by Crippen LogP contribution is 2.44. The van der Waals surface area contributed by atoms with Crippen molar-refractivity contribution in [2.45, 2.75) is 62.5 Å². The predicted molar refractivity (Wildman–Crippen MR) is 158 cm³/mol. The fraction of sp³-hybridized carbons (Fsp3) is 0.364. The van der Waals surface area contributed by atoms with Gasteiger partial charge in [-0.3, -0.25) is 9.20 Å². The van der Waals surface area contributed by atoms with Gasteiger partial charge in [0.05, 0.1) is 13.2 Å². The first-order chi connectivity index (χ1) is 19.8. The Balaban J connectivity index is 1.28. The molecule has 0 bridgehead atoms. The third-order valence-corrected chi connectivity index (χ3v) is 9.07. The van der Waals surface area contributed by atoms with E-state index in [1.165, 1.54) is 18.4 Å². The summed E-state index contributed by atoms with van der Waals surface area (Å²) in [7, 11) is 1.62. The fourth-order valence-electron chi connectivity index (χ4n) is 6.62. The highest BCUT2D eigenvalue weighted by molar-refractivity contribution is 5.86. The van der Waals surface area contributed by atoms with Crippen LogP contribution < -0.4 is 10.5 Å². The van der Waals surface area contributed by atoms with Crippen molar-refractivity contribution in [3.05, 3.63) is 89.5 Å². The maximum atomic E-state index is 12.7. The molecule has 3 atom stereocenters. The molecular formula is C33H35N5O3. The molecule has 1 saturated heterocycles. The monoisotopic (exact) mass is 549 g/mol. The lowest BCUT2D eigenvalue weighted by atomic mass is 9.85. The van der Waals surface area contributed by atoms with Gasteiger partial charge in [-0.05, 0) is 55.7 Å². The first-order valence-electron chi connectivity index (χ1n) is 14.5. The maximum absolute atomic E-state index is 12.7. The molecule has 0 radical (unpaired) electrons. The summed E-state index contributed by atoms with van der Waals surface area (Å²) >= 11 is 0. The normalized spacial score (nSPS) is 22.0. The van der Waals surface area contributed by atoms with E-state index in [4.69, 9.17) is 15.5 Å². The van der Waals surface area contributed by atoms with Crippen LogP contribution in [0.1, 0.15) is 73.4 Å². The van der Waals surface area contributed by atoms with E-state index in [2.05, 4.69) is 23.2 Å². The van der Waals surface area contributed by atoms with Crippen molar-refractivity contribution in [1.29, 1.82) is 0 Å². The van der Waals surface area contributed by atoms with E-state index in [1.807, 2.05) is 58.8 Å². The Bertz CT molecular complexity index is 1690. The van der Waals surface area contributed by atoms with Crippen molar-refractivity contribution in [3.8, 4) is 17.0 Å². The Hall–Kier alpha value is -4.17. The second kappa shape index (κ2) is 9.73. The van der Waals surface area contributed by atoms with Crippen molar-refractivity contribution in [2.24, 2.45) is 0 Å². The first kappa shape index (κ1) is 25.8. The zero-order valence-electron chi connectivity index (χ0n) is 23.5. The number of ether oxygens (including phenoxy) is 1. The summed E-state index contributed by atoms with van der Waals surface area (Å²) in [5.41, 5.74) is 10.2. The summed E-state index contributed by atoms with van der Waals surface area (Å²) < 4.78 is 7.87. The minimum absolute atomic E-state index is 0.0744. The van der Waals surface area contributed by atoms with E-state index in [1.54, 1.807) is 13.3 Å². The number of aliphatic hydroxyl groups is 1. The SMILES string of the molecule is COc1cc(-c2nc([C@@H]3CC[C@H]4C=CCC(=O)N4C3)n3ccnc(N)c23)ccc1[C@](C)(O)c1cccc(C2CC2)c1. The molecule has 210 valence electrons. The summed E-state index contributed by atoms with van der Waals surface area (Å²) in [6, 6.07) is 14.2. The van der Waals surface area contributed by atoms with E-state index in [0.29, 0.717) is 41.7 Å². The molecule has 1 aliphatic carbocycles. The molecule has 2 fully saturated rings. The summed E-state index contributed by atoms with van der Waals surface area (Å²) in [5, 5.41) is 11.8. The zero-order valence-corrected chi connectivity index (χ0v) is 23.5. The number of anilines is 1. The highest BCUT2D eigenvalue weighted by Gasteiger charge is 2.35. The Morgan fingerprint density at radius 1 is 1.10 bits per heavy atom. The van der Waals surface area contributed by atoms with Crippen molar-refractivity contribution in [3.63, 3.8) is 0 Å². The molecular weight excluding hydrogens is 514 g/mol. The van der Waals surface area contributed by atoms with Crippen LogP contribution in [0.15, 0.2) is 67.0 Å². The van der Waals surface area contributed by atoms with Gasteiger partial charge in [0.25, 0.3) is 0 Å². The molecule has 0 unspecified atom stereocenters. The predicted octanol–water partition coefficient (Wildman–Crippen LogP) is 5.15. The maximum Gasteiger partial charge on any atom is 0.226 e. The third-order valence-electron chi connectivity index (χ3n) is 9.07. The minimum Gasteiger partial charge on any atom is -0.496 e. The minimum atomic E-state index is -1.25. The van der Waals surface area contributed by atoms with Crippen LogP contribution in [0.2, 0.25) is 0 Å². The smallest absolute Gasteiger partial charge is 0.226 e. The van der Waals surface area contributed by atoms with Crippen LogP contribution in [0.25, 0.3) is 16.8 Å². The number of aromatic nitrogens is 3. The lowest BCUT2D eigenvalue weighted by Crippen LogP contribution is -2.47. The van der Waals surface area contributed by atoms with E-state index >= 15 is 0 Å². The molecule has 2 aromatic carbocycles. The molecule has 8 nitrogen and oxygen atoms in total. The van der Waals surface area contributed by atoms with Crippen molar-refractivity contribution < 1.29 is 14.6 Å². The van der Waals surface area contributed by atoms with Crippen molar-refractivity contribution in [2.75, 3.05) is 19.4 Å². The van der Waals surface area contributed by atoms with E-state index in [9.17, 15) is 9.90 Å². The summed E-state index contributed by atoms with van der Waals surface area (Å²) in [4.78, 5) is 24.2. The van der Waals surface area contributed by atoms with Crippen LogP contribution >= 0.6 is 0 Å². The van der Waals surface area contributed by atoms with Gasteiger partial charge >= 0.3 is 0 Å². The van der Waals surface area contributed by atoms with Gasteiger partial charge in [-0.25, -0.2) is 9.97 Å². The number of carbonyl (C=O) groups excluding carboxylic acids is 1. The van der Waals surface area contributed by atoms with Crippen LogP contribution in [-0.2, 0) is 10.4 Å². The number of nitrogens with two attached hydrogens (primary N) is 1. The number of amides is 1. The number of methoxy groups -OCH3 is 1. The second-order valence-corrected chi connectivity index (χ2v) is 11.8. The number of carbonyl (C=O) groups is 1. The standard InChI is InChI=1S/C33H35N5O3/c1-33(40,24-6-3-5-21(17-24)20-9-10-20)26-14-12-22(18-27(26)41-2)29-30-31(34)35-15-16-37(30)32(36-29)23-11-13-25-7-4-8-28(39)38(25)19-23/h3-7,12,14-18,20,23,25,40H,8-11,13,19H2,1-2H3,(H2,34,35)/t23-,25-,33-/m1/s1. The molecule has 2 aliphatic heterocycles. The van der Waals surface area contributed by atoms with Gasteiger partial charge in [-0.15, -0.1) is 0 Å². The summed E-state index contributed by atoms with van der Waals surface area (Å²) in [5.74, 6) is 2.67. The van der Waals surface area contributed by atoms with Gasteiger partial charge in [-0.2, -0.15) is 0 Å². The first-order valence-corrected chi connectivity index (χ1v) is 14.5. The van der Waals surface area contributed by atoms with Crippen molar-refractivity contribution >= 4 is 17.2 Å². The van der Waals surface area contributed by atoms with Crippen LogP contribution in [0, 0.1) is 0 Å². The average Bonchev–Trinajstić information content (AvgIpc) is 3.77. The molecule has 4 heterocycles. The summed E-state index contributed by atoms with van der Waals surface area (Å²) in [6.07, 6.45) is 12.4. The van der Waals surface area contributed by atoms with Crippen LogP contribution in [0.4, 0.5) is 5.82 Å². The van der Waals surface area contributed by atoms with E-state index in [0.717, 1.165) is 35.3 Å². The van der Waals surface area contributed by atoms with Crippen molar-refractivity contribution in [1.82, 2.24) is 19.3 Å². The van der Waals surface area contributed by atoms with Gasteiger partial charge in [0, 0.05) is 42.4 Å². The number of hydrogen-bond donors (Lipinski definition) is 2. The number of hydrogen-bond acceptors (Lipinski definition) is 6. The average molecular weight is 550 g/mol. The van der Waals surface area contributed by atoms with Gasteiger partial charge in [0.15, 0.2) is 0 Å². The molecule has 41 heavy (non-hydrogen) atoms. The molecule has 2 aromatic heterocycles. The van der Waals surface area contributed by atoms with E-state index < -0.39 is 5.60 Å². The second-order valence-electron chi connectivity index (χ2n) is 11.8. The van der Waals surface area contributed by atoms with Gasteiger partial charge in [0.2, 0.25) is 5.91 Å². The van der Waals surface area contributed by atoms with Gasteiger partial charge in [-0.1, -0.05) is 48.6 Å². The third kappa shape index (κ3) is 4.37. The quantitative estimate of drug-likeness (QED) is 0.322. The van der Waals surface area contributed by atoms with E-state index in [-0.39, 0.29) is 17.9 Å². The molecule has 7 rings (SSSR count). The number of benzene rings is 2. The molecule has 4 aromatic rings. The van der Waals surface area contributed by atoms with Crippen LogP contribution in [0.5, 0.6) is 5.75 Å². The van der Waals surface area contributed by atoms with Crippen LogP contribution in [0.3, 0.4) is 0 Å². The molecule has 3 aliphatic rings. The van der Waals surface area contributed by atoms with Gasteiger partial charge in [0.1, 0.15) is 34.2 Å². The lowest BCUT2D eigenvalue weighted by Gasteiger charge is -2.39. The molecule has 1 amide bonds. The van der Waals surface area contributed by atoms with Crippen LogP contribution in [-0.4, -0.2) is 50.0 Å². The molecule has 1 saturated carbocycles. The fourth-order valence-corrected chi connectivity index (χ4v) is 6.62. The number of fused-ring (bicyclic) bond motifs is 2. The van der Waals surface area contributed by atoms with Gasteiger partial charge < -0.3 is 20.5 Å². The highest BCUT2D eigenvalue weighted by atomic mass is 16.5. The Morgan fingerprint density at radius 3 is 2.73 bits per heavy atom. The summed E-state index contributed by atoms with van der Waals surface area (Å²) in [6.45, 7) is 2.44. The Kier molecular flexibility index (Phi) is 6.12. The Labute approximate surface area is 239 Å². The topological polar surface area (TPSA) is 106 Å². The zero-order chi connectivity index (χ0) is 28.3. The number of nitrogens with zero attached hydrogens (tertiary/aromatic N) is 4. The molecule has 3 N–H and O–H groups in total. The largest absolute Gasteiger partial charge is 0.496 e. The molecule has 0 spiro atoms. The number of rotatable bonds is 6. The Morgan fingerprint density at radius 2 is 1.93 bits per heavy atom. The lowest BCUT2D eigenvalue weighted by molar-refractivity contribution is -0.133. The number of imidazole rings is 1. The number of nitrogen functional groups attached to an aromatic ring is 1. The molecule has 8 heteroatoms. The number of piperidine rings is 1.